The molecular formula is C9H12BrN3O3S. The Morgan fingerprint density at radius 2 is 2.24 bits per heavy atom. The number of nitrogens with zero attached hydrogens (tertiary/aromatic N) is 2. The molecule has 6 nitrogen and oxygen atoms in total. The third-order valence-electron chi connectivity index (χ3n) is 1.77. The Balaban J connectivity index is 3.14. The minimum Gasteiger partial charge on any atom is -0.394 e. The van der Waals surface area contributed by atoms with Gasteiger partial charge in [-0.15, -0.1) is 0 Å². The molecule has 0 saturated heterocycles. The third-order valence-corrected chi connectivity index (χ3v) is 3.76. The predicted octanol–water partition coefficient (Wildman–Crippen LogP) is 0.904. The number of hydrogen-bond donors (Lipinski definition) is 1. The van der Waals surface area contributed by atoms with Crippen molar-refractivity contribution in [1.29, 1.82) is 0 Å². The highest BCUT2D eigenvalue weighted by Gasteiger charge is 2.14. The van der Waals surface area contributed by atoms with Crippen molar-refractivity contribution in [3.63, 3.8) is 0 Å². The fourth-order valence-corrected chi connectivity index (χ4v) is 2.89. The summed E-state index contributed by atoms with van der Waals surface area (Å²) in [6, 6.07) is 2.88. The Hall–Kier alpha value is -1.15. The maximum atomic E-state index is 11.4. The van der Waals surface area contributed by atoms with Crippen LogP contribution >= 0.6 is 15.9 Å². The van der Waals surface area contributed by atoms with Crippen LogP contribution in [0.25, 0.3) is 0 Å². The van der Waals surface area contributed by atoms with E-state index >= 15 is 0 Å². The number of sulfone groups is 1. The summed E-state index contributed by atoms with van der Waals surface area (Å²) in [6.07, 6.45) is 1.10. The van der Waals surface area contributed by atoms with Crippen LogP contribution in [0, 0.1) is 0 Å². The van der Waals surface area contributed by atoms with Crippen molar-refractivity contribution in [1.82, 2.24) is 4.98 Å². The second-order valence-electron chi connectivity index (χ2n) is 3.15. The van der Waals surface area contributed by atoms with Gasteiger partial charge in [0, 0.05) is 6.26 Å². The first-order chi connectivity index (χ1) is 7.86. The van der Waals surface area contributed by atoms with Crippen LogP contribution in [-0.2, 0) is 14.7 Å². The summed E-state index contributed by atoms with van der Waals surface area (Å²) in [4.78, 5) is 8.87. The highest BCUT2D eigenvalue weighted by atomic mass is 79.9. The van der Waals surface area contributed by atoms with Gasteiger partial charge in [-0.05, 0) is 35.0 Å². The zero-order valence-electron chi connectivity index (χ0n) is 9.34. The number of nitrogens with two attached hydrogens (primary N) is 1. The van der Waals surface area contributed by atoms with E-state index in [2.05, 4.69) is 26.1 Å². The van der Waals surface area contributed by atoms with Gasteiger partial charge < -0.3 is 10.6 Å². The van der Waals surface area contributed by atoms with Crippen LogP contribution in [0.4, 0.5) is 0 Å². The topological polar surface area (TPSA) is 94.6 Å². The van der Waals surface area contributed by atoms with Crippen LogP contribution in [0.15, 0.2) is 26.8 Å². The summed E-state index contributed by atoms with van der Waals surface area (Å²) >= 11 is 3.08. The van der Waals surface area contributed by atoms with E-state index in [1.165, 1.54) is 12.1 Å². The summed E-state index contributed by atoms with van der Waals surface area (Å²) in [5.41, 5.74) is 5.95. The third kappa shape index (κ3) is 3.67. The zero-order chi connectivity index (χ0) is 13.1. The van der Waals surface area contributed by atoms with Crippen LogP contribution in [-0.4, -0.2) is 32.1 Å². The van der Waals surface area contributed by atoms with E-state index in [0.717, 1.165) is 6.26 Å². The first-order valence-corrected chi connectivity index (χ1v) is 7.37. The summed E-state index contributed by atoms with van der Waals surface area (Å²) in [6.45, 7) is 2.16. The summed E-state index contributed by atoms with van der Waals surface area (Å²) in [5, 5.41) is 3.61. The van der Waals surface area contributed by atoms with E-state index < -0.39 is 9.84 Å². The van der Waals surface area contributed by atoms with E-state index in [9.17, 15) is 8.42 Å². The Labute approximate surface area is 108 Å². The molecule has 94 valence electrons. The van der Waals surface area contributed by atoms with Gasteiger partial charge in [-0.3, -0.25) is 0 Å². The number of amidine groups is 1. The van der Waals surface area contributed by atoms with E-state index in [-0.39, 0.29) is 15.3 Å². The SMILES string of the molecule is CCON=C(N)c1ccc(S(C)(=O)=O)c(Br)n1. The van der Waals surface area contributed by atoms with E-state index in [1.807, 2.05) is 0 Å². The number of oxime groups is 1. The second-order valence-corrected chi connectivity index (χ2v) is 5.89. The molecule has 0 spiro atoms. The smallest absolute Gasteiger partial charge is 0.188 e. The average molecular weight is 322 g/mol. The predicted molar refractivity (Wildman–Crippen MR) is 67.4 cm³/mol. The molecule has 2 N–H and O–H groups in total. The first kappa shape index (κ1) is 13.9. The fourth-order valence-electron chi connectivity index (χ4n) is 1.02. The lowest BCUT2D eigenvalue weighted by Crippen LogP contribution is -2.16. The van der Waals surface area contributed by atoms with Gasteiger partial charge in [-0.25, -0.2) is 13.4 Å². The maximum absolute atomic E-state index is 11.4. The first-order valence-electron chi connectivity index (χ1n) is 4.68. The Morgan fingerprint density at radius 1 is 1.59 bits per heavy atom. The maximum Gasteiger partial charge on any atom is 0.188 e. The van der Waals surface area contributed by atoms with Gasteiger partial charge in [-0.2, -0.15) is 0 Å². The number of hydrogen-bond acceptors (Lipinski definition) is 5. The Bertz CT molecular complexity index is 542. The van der Waals surface area contributed by atoms with Crippen molar-refractivity contribution in [2.24, 2.45) is 10.9 Å². The van der Waals surface area contributed by atoms with E-state index in [1.54, 1.807) is 6.92 Å². The molecule has 0 aliphatic carbocycles. The van der Waals surface area contributed by atoms with E-state index in [4.69, 9.17) is 10.6 Å². The molecule has 17 heavy (non-hydrogen) atoms. The number of rotatable bonds is 4. The summed E-state index contributed by atoms with van der Waals surface area (Å²) in [5.74, 6) is 0.0904. The van der Waals surface area contributed by atoms with Crippen molar-refractivity contribution in [3.05, 3.63) is 22.4 Å². The molecule has 0 aliphatic heterocycles. The molecule has 0 aromatic carbocycles. The minimum atomic E-state index is -3.31. The molecule has 8 heteroatoms. The molecule has 0 radical (unpaired) electrons. The average Bonchev–Trinajstić information content (AvgIpc) is 2.23. The van der Waals surface area contributed by atoms with Gasteiger partial charge in [0.1, 0.15) is 16.9 Å². The van der Waals surface area contributed by atoms with Crippen LogP contribution in [0.3, 0.4) is 0 Å². The molecule has 0 unspecified atom stereocenters. The summed E-state index contributed by atoms with van der Waals surface area (Å²) in [7, 11) is -3.31. The molecular weight excluding hydrogens is 310 g/mol. The van der Waals surface area contributed by atoms with Crippen molar-refractivity contribution in [3.8, 4) is 0 Å². The Morgan fingerprint density at radius 3 is 2.71 bits per heavy atom. The van der Waals surface area contributed by atoms with Gasteiger partial charge in [0.2, 0.25) is 0 Å². The zero-order valence-corrected chi connectivity index (χ0v) is 11.7. The fraction of sp³-hybridized carbons (Fsp3) is 0.333. The molecule has 0 saturated carbocycles. The van der Waals surface area contributed by atoms with Crippen molar-refractivity contribution < 1.29 is 13.3 Å². The van der Waals surface area contributed by atoms with Crippen molar-refractivity contribution in [2.45, 2.75) is 11.8 Å². The van der Waals surface area contributed by atoms with Gasteiger partial charge in [-0.1, -0.05) is 5.16 Å². The van der Waals surface area contributed by atoms with Crippen LogP contribution in [0.2, 0.25) is 0 Å². The largest absolute Gasteiger partial charge is 0.394 e. The molecule has 0 bridgehead atoms. The summed E-state index contributed by atoms with van der Waals surface area (Å²) < 4.78 is 22.9. The lowest BCUT2D eigenvalue weighted by atomic mass is 10.3. The molecule has 0 amide bonds. The standard InChI is InChI=1S/C9H12BrN3O3S/c1-3-16-13-9(11)6-4-5-7(8(10)12-6)17(2,14)15/h4-5H,3H2,1-2H3,(H2,11,13). The minimum absolute atomic E-state index is 0.0904. The quantitative estimate of drug-likeness (QED) is 0.385. The van der Waals surface area contributed by atoms with Crippen LogP contribution in [0.5, 0.6) is 0 Å². The molecule has 0 aliphatic rings. The highest BCUT2D eigenvalue weighted by molar-refractivity contribution is 9.10. The van der Waals surface area contributed by atoms with Crippen molar-refractivity contribution >= 4 is 31.6 Å². The van der Waals surface area contributed by atoms with Crippen LogP contribution < -0.4 is 5.73 Å². The highest BCUT2D eigenvalue weighted by Crippen LogP contribution is 2.19. The molecule has 1 rings (SSSR count). The van der Waals surface area contributed by atoms with Gasteiger partial charge in [0.25, 0.3) is 0 Å². The monoisotopic (exact) mass is 321 g/mol. The van der Waals surface area contributed by atoms with Crippen LogP contribution in [0.1, 0.15) is 12.6 Å². The lowest BCUT2D eigenvalue weighted by molar-refractivity contribution is 0.158. The lowest BCUT2D eigenvalue weighted by Gasteiger charge is -2.04. The number of halogens is 1. The van der Waals surface area contributed by atoms with Gasteiger partial charge in [0.05, 0.1) is 4.90 Å². The van der Waals surface area contributed by atoms with E-state index in [0.29, 0.717) is 12.3 Å². The molecule has 1 aromatic heterocycles. The molecule has 1 aromatic rings. The number of pyridine rings is 1. The van der Waals surface area contributed by atoms with Gasteiger partial charge >= 0.3 is 0 Å². The number of aromatic nitrogens is 1. The van der Waals surface area contributed by atoms with Gasteiger partial charge in [0.15, 0.2) is 15.7 Å². The molecule has 1 heterocycles. The Kier molecular flexibility index (Phi) is 4.47. The second kappa shape index (κ2) is 5.46. The van der Waals surface area contributed by atoms with Crippen molar-refractivity contribution in [2.75, 3.05) is 12.9 Å². The molecule has 0 atom stereocenters. The normalized spacial score (nSPS) is 12.5. The molecule has 0 fully saturated rings.